The number of nitrogens with one attached hydrogen (secondary N) is 3. The van der Waals surface area contributed by atoms with Crippen LogP contribution < -0.4 is 30.3 Å². The van der Waals surface area contributed by atoms with Gasteiger partial charge in [-0.3, -0.25) is 5.43 Å². The number of urea groups is 1. The summed E-state index contributed by atoms with van der Waals surface area (Å²) in [5.74, 6) is 0.754. The van der Waals surface area contributed by atoms with Gasteiger partial charge in [0.15, 0.2) is 17.7 Å². The molecule has 3 aromatic carbocycles. The number of nitrogens with zero attached hydrogens (tertiary/aromatic N) is 1. The van der Waals surface area contributed by atoms with Crippen molar-refractivity contribution in [2.75, 3.05) is 20.3 Å². The smallest absolute Gasteiger partial charge is 0.337 e. The van der Waals surface area contributed by atoms with Crippen LogP contribution in [0, 0.1) is 3.57 Å². The predicted octanol–water partition coefficient (Wildman–Crippen LogP) is 5.81. The molecule has 0 bridgehead atoms. The second kappa shape index (κ2) is 16.2. The van der Waals surface area contributed by atoms with Crippen molar-refractivity contribution in [3.8, 4) is 17.2 Å². The quantitative estimate of drug-likeness (QED) is 0.0559. The van der Waals surface area contributed by atoms with Crippen LogP contribution in [0.1, 0.15) is 36.6 Å². The number of allylic oxidation sites excluding steroid dienone is 1. The van der Waals surface area contributed by atoms with E-state index in [1.165, 1.54) is 7.11 Å². The van der Waals surface area contributed by atoms with E-state index in [1.807, 2.05) is 37.3 Å². The van der Waals surface area contributed by atoms with Crippen molar-refractivity contribution in [1.82, 2.24) is 16.1 Å². The van der Waals surface area contributed by atoms with Gasteiger partial charge in [-0.05, 0) is 72.3 Å². The number of hydrogen-bond donors (Lipinski definition) is 4. The Morgan fingerprint density at radius 1 is 1.18 bits per heavy atom. The standard InChI is InChI=1S/C31H31BrClIN4O7/c1-4-43-25-12-18(28-27(30(40)42-3)17(2)36-31(41)37-28)9-10-24(25)44-16-26(39)38-35-14-20-11-21(32)13-23(34)29(20)45-15-19-7-5-6-8-22(19)33/h5-14,26,28,38-39H,4,15-16H2,1-3H3,(H2,36,37,41)/b35-14+/t26-,28-/m0/s1. The minimum atomic E-state index is -1.17. The molecule has 1 heterocycles. The largest absolute Gasteiger partial charge is 0.490 e. The molecular formula is C31H31BrClIN4O7. The van der Waals surface area contributed by atoms with Crippen LogP contribution in [0.4, 0.5) is 4.79 Å². The van der Waals surface area contributed by atoms with Crippen LogP contribution in [0.15, 0.2) is 75.4 Å². The Morgan fingerprint density at radius 2 is 1.96 bits per heavy atom. The van der Waals surface area contributed by atoms with Crippen molar-refractivity contribution < 1.29 is 33.6 Å². The summed E-state index contributed by atoms with van der Waals surface area (Å²) < 4.78 is 24.3. The number of methoxy groups -OCH3 is 1. The van der Waals surface area contributed by atoms with Crippen LogP contribution >= 0.6 is 50.1 Å². The summed E-state index contributed by atoms with van der Waals surface area (Å²) in [5.41, 5.74) is 5.42. The molecule has 0 radical (unpaired) electrons. The fourth-order valence-electron chi connectivity index (χ4n) is 4.41. The lowest BCUT2D eigenvalue weighted by Gasteiger charge is -2.28. The molecule has 45 heavy (non-hydrogen) atoms. The second-order valence-electron chi connectivity index (χ2n) is 9.60. The zero-order valence-electron chi connectivity index (χ0n) is 24.5. The van der Waals surface area contributed by atoms with E-state index in [-0.39, 0.29) is 18.8 Å². The highest BCUT2D eigenvalue weighted by atomic mass is 127. The number of halogens is 3. The van der Waals surface area contributed by atoms with Crippen molar-refractivity contribution in [1.29, 1.82) is 0 Å². The van der Waals surface area contributed by atoms with Crippen LogP contribution in [0.5, 0.6) is 17.2 Å². The van der Waals surface area contributed by atoms with Crippen LogP contribution in [-0.4, -0.2) is 49.9 Å². The van der Waals surface area contributed by atoms with Crippen LogP contribution in [0.3, 0.4) is 0 Å². The Morgan fingerprint density at radius 3 is 2.69 bits per heavy atom. The number of hydrogen-bond acceptors (Lipinski definition) is 9. The van der Waals surface area contributed by atoms with Gasteiger partial charge in [0.2, 0.25) is 0 Å². The summed E-state index contributed by atoms with van der Waals surface area (Å²) in [7, 11) is 1.27. The maximum absolute atomic E-state index is 12.5. The molecule has 0 aromatic heterocycles. The number of benzene rings is 3. The molecule has 0 saturated carbocycles. The monoisotopic (exact) mass is 812 g/mol. The minimum absolute atomic E-state index is 0.168. The van der Waals surface area contributed by atoms with Crippen molar-refractivity contribution >= 4 is 68.3 Å². The van der Waals surface area contributed by atoms with Crippen LogP contribution in [-0.2, 0) is 16.1 Å². The summed E-state index contributed by atoms with van der Waals surface area (Å²) in [4.78, 5) is 24.6. The second-order valence-corrected chi connectivity index (χ2v) is 12.1. The van der Waals surface area contributed by atoms with Crippen molar-refractivity contribution in [2.24, 2.45) is 5.10 Å². The number of carbonyl (C=O) groups is 2. The zero-order chi connectivity index (χ0) is 32.5. The van der Waals surface area contributed by atoms with Gasteiger partial charge in [-0.2, -0.15) is 5.10 Å². The van der Waals surface area contributed by atoms with Crippen molar-refractivity contribution in [3.63, 3.8) is 0 Å². The summed E-state index contributed by atoms with van der Waals surface area (Å²) >= 11 is 12.0. The highest BCUT2D eigenvalue weighted by molar-refractivity contribution is 14.1. The average Bonchev–Trinajstić information content (AvgIpc) is 3.00. The van der Waals surface area contributed by atoms with Gasteiger partial charge >= 0.3 is 12.0 Å². The number of aliphatic hydroxyl groups is 1. The number of aliphatic hydroxyl groups excluding tert-OH is 1. The molecule has 1 aliphatic heterocycles. The summed E-state index contributed by atoms with van der Waals surface area (Å²) in [5, 5.41) is 20.7. The minimum Gasteiger partial charge on any atom is -0.490 e. The lowest BCUT2D eigenvalue weighted by atomic mass is 9.95. The number of amides is 2. The van der Waals surface area contributed by atoms with Gasteiger partial charge in [0.25, 0.3) is 0 Å². The third-order valence-corrected chi connectivity index (χ3v) is 8.09. The third-order valence-electron chi connectivity index (χ3n) is 6.47. The average molecular weight is 814 g/mol. The highest BCUT2D eigenvalue weighted by Gasteiger charge is 2.32. The van der Waals surface area contributed by atoms with Gasteiger partial charge in [0.05, 0.1) is 35.1 Å². The molecule has 2 atom stereocenters. The van der Waals surface area contributed by atoms with Gasteiger partial charge in [0.1, 0.15) is 19.0 Å². The fraction of sp³-hybridized carbons (Fsp3) is 0.258. The molecule has 11 nitrogen and oxygen atoms in total. The topological polar surface area (TPSA) is 140 Å². The summed E-state index contributed by atoms with van der Waals surface area (Å²) in [6, 6.07) is 15.0. The lowest BCUT2D eigenvalue weighted by Crippen LogP contribution is -2.45. The molecule has 0 fully saturated rings. The Hall–Kier alpha value is -3.53. The Balaban J connectivity index is 1.43. The zero-order valence-corrected chi connectivity index (χ0v) is 29.0. The van der Waals surface area contributed by atoms with E-state index in [2.05, 4.69) is 59.7 Å². The van der Waals surface area contributed by atoms with Crippen LogP contribution in [0.25, 0.3) is 0 Å². The molecule has 0 aliphatic carbocycles. The van der Waals surface area contributed by atoms with Gasteiger partial charge < -0.3 is 34.7 Å². The molecule has 0 saturated heterocycles. The van der Waals surface area contributed by atoms with E-state index in [1.54, 1.807) is 37.4 Å². The molecular weight excluding hydrogens is 783 g/mol. The maximum atomic E-state index is 12.5. The number of esters is 1. The first-order valence-electron chi connectivity index (χ1n) is 13.7. The van der Waals surface area contributed by atoms with Gasteiger partial charge in [-0.1, -0.05) is 51.8 Å². The normalized spacial score (nSPS) is 15.3. The molecule has 4 N–H and O–H groups in total. The number of ether oxygens (including phenoxy) is 4. The first-order valence-corrected chi connectivity index (χ1v) is 15.9. The predicted molar refractivity (Wildman–Crippen MR) is 182 cm³/mol. The SMILES string of the molecule is CCOc1cc([C@@H]2NC(=O)NC(C)=C2C(=O)OC)ccc1OC[C@H](O)N/N=C/c1cc(Br)cc(I)c1OCc1ccccc1Cl. The van der Waals surface area contributed by atoms with E-state index < -0.39 is 24.3 Å². The fourth-order valence-corrected chi connectivity index (χ4v) is 6.31. The van der Waals surface area contributed by atoms with E-state index >= 15 is 0 Å². The van der Waals surface area contributed by atoms with E-state index in [0.29, 0.717) is 45.7 Å². The lowest BCUT2D eigenvalue weighted by molar-refractivity contribution is -0.136. The molecule has 238 valence electrons. The van der Waals surface area contributed by atoms with Crippen LogP contribution in [0.2, 0.25) is 5.02 Å². The first kappa shape index (κ1) is 34.3. The number of rotatable bonds is 13. The molecule has 14 heteroatoms. The summed E-state index contributed by atoms with van der Waals surface area (Å²) in [6.45, 7) is 3.87. The Bertz CT molecular complexity index is 1620. The first-order chi connectivity index (χ1) is 21.6. The summed E-state index contributed by atoms with van der Waals surface area (Å²) in [6.07, 6.45) is 0.370. The van der Waals surface area contributed by atoms with Gasteiger partial charge in [-0.15, -0.1) is 0 Å². The highest BCUT2D eigenvalue weighted by Crippen LogP contribution is 2.35. The van der Waals surface area contributed by atoms with E-state index in [9.17, 15) is 14.7 Å². The molecule has 4 rings (SSSR count). The van der Waals surface area contributed by atoms with Crippen molar-refractivity contribution in [2.45, 2.75) is 32.7 Å². The van der Waals surface area contributed by atoms with Crippen molar-refractivity contribution in [3.05, 3.63) is 95.6 Å². The molecule has 2 amide bonds. The van der Waals surface area contributed by atoms with E-state index in [0.717, 1.165) is 13.6 Å². The molecule has 1 aliphatic rings. The van der Waals surface area contributed by atoms with E-state index in [4.69, 9.17) is 30.5 Å². The maximum Gasteiger partial charge on any atom is 0.337 e. The third kappa shape index (κ3) is 9.02. The molecule has 3 aromatic rings. The number of hydrazone groups is 1. The number of carbonyl (C=O) groups excluding carboxylic acids is 2. The molecule has 0 spiro atoms. The Kier molecular flexibility index (Phi) is 12.3. The molecule has 0 unspecified atom stereocenters. The van der Waals surface area contributed by atoms with Gasteiger partial charge in [-0.25, -0.2) is 9.59 Å². The van der Waals surface area contributed by atoms with Gasteiger partial charge in [0, 0.05) is 26.3 Å². The Labute approximate surface area is 287 Å².